The average molecular weight is 190 g/mol. The number of nitrogens with zero attached hydrogens (tertiary/aromatic N) is 1. The molecule has 2 rings (SSSR count). The third-order valence-electron chi connectivity index (χ3n) is 3.03. The fraction of sp³-hybridized carbons (Fsp3) is 0.583. The van der Waals surface area contributed by atoms with Crippen LogP contribution < -0.4 is 5.32 Å². The van der Waals surface area contributed by atoms with Crippen molar-refractivity contribution in [1.29, 1.82) is 0 Å². The quantitative estimate of drug-likeness (QED) is 0.789. The Kier molecular flexibility index (Phi) is 2.82. The summed E-state index contributed by atoms with van der Waals surface area (Å²) in [7, 11) is 0. The highest BCUT2D eigenvalue weighted by atomic mass is 15.0. The summed E-state index contributed by atoms with van der Waals surface area (Å²) in [6.45, 7) is 4.49. The van der Waals surface area contributed by atoms with Crippen LogP contribution in [0.3, 0.4) is 0 Å². The predicted octanol–water partition coefficient (Wildman–Crippen LogP) is 2.53. The van der Waals surface area contributed by atoms with Crippen LogP contribution in [0, 0.1) is 5.92 Å². The van der Waals surface area contributed by atoms with Gasteiger partial charge in [-0.1, -0.05) is 6.07 Å². The smallest absolute Gasteiger partial charge is 0.0315 e. The molecule has 14 heavy (non-hydrogen) atoms. The van der Waals surface area contributed by atoms with Gasteiger partial charge in [0.25, 0.3) is 0 Å². The molecule has 1 aromatic rings. The van der Waals surface area contributed by atoms with Crippen LogP contribution in [-0.2, 0) is 0 Å². The minimum atomic E-state index is 0.416. The Hall–Kier alpha value is -0.890. The second kappa shape index (κ2) is 4.09. The van der Waals surface area contributed by atoms with Crippen molar-refractivity contribution in [3.8, 4) is 0 Å². The summed E-state index contributed by atoms with van der Waals surface area (Å²) in [5.74, 6) is 0.911. The monoisotopic (exact) mass is 190 g/mol. The molecule has 2 atom stereocenters. The van der Waals surface area contributed by atoms with Crippen molar-refractivity contribution in [2.45, 2.75) is 38.8 Å². The first-order valence-corrected chi connectivity index (χ1v) is 5.43. The summed E-state index contributed by atoms with van der Waals surface area (Å²) < 4.78 is 0. The second-order valence-electron chi connectivity index (χ2n) is 4.30. The highest BCUT2D eigenvalue weighted by Gasteiger charge is 2.28. The number of rotatable bonds is 4. The molecule has 0 bridgehead atoms. The van der Waals surface area contributed by atoms with Crippen LogP contribution in [0.1, 0.15) is 38.3 Å². The number of hydrogen-bond donors (Lipinski definition) is 1. The van der Waals surface area contributed by atoms with Gasteiger partial charge in [-0.05, 0) is 44.2 Å². The van der Waals surface area contributed by atoms with Crippen LogP contribution in [0.2, 0.25) is 0 Å². The molecule has 76 valence electrons. The van der Waals surface area contributed by atoms with Crippen LogP contribution in [-0.4, -0.2) is 11.0 Å². The summed E-state index contributed by atoms with van der Waals surface area (Å²) in [5.41, 5.74) is 1.28. The number of pyridine rings is 1. The number of nitrogens with one attached hydrogen (secondary N) is 1. The van der Waals surface area contributed by atoms with Crippen molar-refractivity contribution in [2.24, 2.45) is 5.92 Å². The van der Waals surface area contributed by atoms with E-state index in [1.54, 1.807) is 0 Å². The fourth-order valence-corrected chi connectivity index (χ4v) is 1.85. The first kappa shape index (κ1) is 9.66. The van der Waals surface area contributed by atoms with Crippen LogP contribution in [0.15, 0.2) is 24.5 Å². The summed E-state index contributed by atoms with van der Waals surface area (Å²) >= 11 is 0. The van der Waals surface area contributed by atoms with E-state index >= 15 is 0 Å². The molecule has 0 unspecified atom stereocenters. The normalized spacial score (nSPS) is 20.4. The summed E-state index contributed by atoms with van der Waals surface area (Å²) in [4.78, 5) is 4.13. The average Bonchev–Trinajstić information content (AvgIpc) is 3.02. The molecule has 1 heterocycles. The molecule has 1 fully saturated rings. The lowest BCUT2D eigenvalue weighted by atomic mass is 10.1. The van der Waals surface area contributed by atoms with Crippen LogP contribution >= 0.6 is 0 Å². The molecule has 0 amide bonds. The molecule has 0 spiro atoms. The van der Waals surface area contributed by atoms with Crippen molar-refractivity contribution in [2.75, 3.05) is 0 Å². The topological polar surface area (TPSA) is 24.9 Å². The van der Waals surface area contributed by atoms with Crippen LogP contribution in [0.5, 0.6) is 0 Å². The molecule has 1 saturated carbocycles. The van der Waals surface area contributed by atoms with Gasteiger partial charge in [0, 0.05) is 24.5 Å². The van der Waals surface area contributed by atoms with Crippen molar-refractivity contribution in [3.05, 3.63) is 30.1 Å². The minimum absolute atomic E-state index is 0.416. The van der Waals surface area contributed by atoms with E-state index < -0.39 is 0 Å². The van der Waals surface area contributed by atoms with E-state index in [0.717, 1.165) is 5.92 Å². The van der Waals surface area contributed by atoms with Crippen molar-refractivity contribution in [3.63, 3.8) is 0 Å². The maximum Gasteiger partial charge on any atom is 0.0315 e. The summed E-state index contributed by atoms with van der Waals surface area (Å²) in [5, 5.41) is 3.62. The maximum atomic E-state index is 4.13. The van der Waals surface area contributed by atoms with Gasteiger partial charge in [-0.25, -0.2) is 0 Å². The third-order valence-corrected chi connectivity index (χ3v) is 3.03. The number of aromatic nitrogens is 1. The Morgan fingerprint density at radius 2 is 2.21 bits per heavy atom. The van der Waals surface area contributed by atoms with Crippen molar-refractivity contribution in [1.82, 2.24) is 10.3 Å². The molecular weight excluding hydrogens is 172 g/mol. The molecule has 2 heteroatoms. The van der Waals surface area contributed by atoms with E-state index in [9.17, 15) is 0 Å². The Bertz CT molecular complexity index is 280. The van der Waals surface area contributed by atoms with Gasteiger partial charge in [-0.15, -0.1) is 0 Å². The van der Waals surface area contributed by atoms with E-state index in [-0.39, 0.29) is 0 Å². The highest BCUT2D eigenvalue weighted by Crippen LogP contribution is 2.33. The van der Waals surface area contributed by atoms with Crippen molar-refractivity contribution >= 4 is 0 Å². The Balaban J connectivity index is 1.91. The first-order valence-electron chi connectivity index (χ1n) is 5.43. The summed E-state index contributed by atoms with van der Waals surface area (Å²) in [6, 6.07) is 5.18. The minimum Gasteiger partial charge on any atom is -0.307 e. The van der Waals surface area contributed by atoms with E-state index in [1.807, 2.05) is 18.5 Å². The Morgan fingerprint density at radius 1 is 1.43 bits per heavy atom. The predicted molar refractivity (Wildman–Crippen MR) is 58.0 cm³/mol. The molecule has 1 aromatic heterocycles. The second-order valence-corrected chi connectivity index (χ2v) is 4.30. The SMILES string of the molecule is C[C@H](N[C@H](C)c1cccnc1)C1CC1. The molecule has 1 aliphatic carbocycles. The van der Waals surface area contributed by atoms with E-state index in [0.29, 0.717) is 12.1 Å². The van der Waals surface area contributed by atoms with Gasteiger partial charge in [-0.2, -0.15) is 0 Å². The highest BCUT2D eigenvalue weighted by molar-refractivity contribution is 5.13. The Labute approximate surface area is 85.7 Å². The zero-order valence-electron chi connectivity index (χ0n) is 8.90. The number of hydrogen-bond acceptors (Lipinski definition) is 2. The maximum absolute atomic E-state index is 4.13. The Morgan fingerprint density at radius 3 is 2.79 bits per heavy atom. The van der Waals surface area contributed by atoms with Gasteiger partial charge in [0.1, 0.15) is 0 Å². The largest absolute Gasteiger partial charge is 0.307 e. The molecule has 0 aliphatic heterocycles. The molecule has 1 N–H and O–H groups in total. The standard InChI is InChI=1S/C12H18N2/c1-9(11-5-6-11)14-10(2)12-4-3-7-13-8-12/h3-4,7-11,14H,5-6H2,1-2H3/t9-,10+/m0/s1. The molecule has 0 saturated heterocycles. The summed E-state index contributed by atoms with van der Waals surface area (Å²) in [6.07, 6.45) is 6.56. The van der Waals surface area contributed by atoms with Crippen LogP contribution in [0.25, 0.3) is 0 Å². The lowest BCUT2D eigenvalue weighted by molar-refractivity contribution is 0.441. The van der Waals surface area contributed by atoms with Gasteiger partial charge in [0.2, 0.25) is 0 Å². The fourth-order valence-electron chi connectivity index (χ4n) is 1.85. The molecule has 1 aliphatic rings. The zero-order chi connectivity index (χ0) is 9.97. The molecule has 0 radical (unpaired) electrons. The van der Waals surface area contributed by atoms with Crippen molar-refractivity contribution < 1.29 is 0 Å². The molecule has 2 nitrogen and oxygen atoms in total. The van der Waals surface area contributed by atoms with Crippen LogP contribution in [0.4, 0.5) is 0 Å². The lowest BCUT2D eigenvalue weighted by Crippen LogP contribution is -2.30. The van der Waals surface area contributed by atoms with Gasteiger partial charge in [0.05, 0.1) is 0 Å². The van der Waals surface area contributed by atoms with E-state index in [1.165, 1.54) is 18.4 Å². The zero-order valence-corrected chi connectivity index (χ0v) is 8.90. The van der Waals surface area contributed by atoms with Gasteiger partial charge in [0.15, 0.2) is 0 Å². The van der Waals surface area contributed by atoms with Gasteiger partial charge < -0.3 is 5.32 Å². The van der Waals surface area contributed by atoms with E-state index in [4.69, 9.17) is 0 Å². The van der Waals surface area contributed by atoms with Gasteiger partial charge in [-0.3, -0.25) is 4.98 Å². The third kappa shape index (κ3) is 2.32. The van der Waals surface area contributed by atoms with E-state index in [2.05, 4.69) is 30.2 Å². The lowest BCUT2D eigenvalue weighted by Gasteiger charge is -2.19. The molecular formula is C12H18N2. The first-order chi connectivity index (χ1) is 6.77. The molecule has 0 aromatic carbocycles. The van der Waals surface area contributed by atoms with Gasteiger partial charge >= 0.3 is 0 Å².